The Kier molecular flexibility index (Phi) is 7.24. The number of carbonyl (C=O) groups is 2. The number of para-hydroxylation sites is 1. The predicted molar refractivity (Wildman–Crippen MR) is 106 cm³/mol. The summed E-state index contributed by atoms with van der Waals surface area (Å²) in [6.07, 6.45) is 4.46. The van der Waals surface area contributed by atoms with E-state index in [2.05, 4.69) is 18.3 Å². The molecule has 0 radical (unpaired) electrons. The molecule has 1 aromatic carbocycles. The first kappa shape index (κ1) is 19.8. The first-order valence-electron chi connectivity index (χ1n) is 10.5. The number of rotatable bonds is 6. The summed E-state index contributed by atoms with van der Waals surface area (Å²) < 4.78 is 0. The quantitative estimate of drug-likeness (QED) is 0.597. The molecule has 2 aliphatic rings. The van der Waals surface area contributed by atoms with Crippen molar-refractivity contribution in [1.29, 1.82) is 0 Å². The SMILES string of the molecule is CCc1ccccc1NC(=O)C[NH+]1CC[NH+](CC(=O)N2CCCCC2)CC1. The Morgan fingerprint density at radius 2 is 1.59 bits per heavy atom. The van der Waals surface area contributed by atoms with Crippen LogP contribution in [-0.2, 0) is 16.0 Å². The Morgan fingerprint density at radius 1 is 0.963 bits per heavy atom. The molecule has 0 aliphatic carbocycles. The highest BCUT2D eigenvalue weighted by Crippen LogP contribution is 2.14. The van der Waals surface area contributed by atoms with Gasteiger partial charge in [0.1, 0.15) is 26.2 Å². The van der Waals surface area contributed by atoms with Gasteiger partial charge < -0.3 is 20.0 Å². The molecule has 27 heavy (non-hydrogen) atoms. The van der Waals surface area contributed by atoms with Gasteiger partial charge in [0, 0.05) is 18.8 Å². The highest BCUT2D eigenvalue weighted by molar-refractivity contribution is 5.92. The van der Waals surface area contributed by atoms with E-state index >= 15 is 0 Å². The number of anilines is 1. The van der Waals surface area contributed by atoms with Crippen LogP contribution in [0, 0.1) is 0 Å². The summed E-state index contributed by atoms with van der Waals surface area (Å²) in [7, 11) is 0. The van der Waals surface area contributed by atoms with Gasteiger partial charge in [0.2, 0.25) is 0 Å². The fourth-order valence-corrected chi connectivity index (χ4v) is 4.15. The number of piperidine rings is 1. The molecule has 2 saturated heterocycles. The van der Waals surface area contributed by atoms with Gasteiger partial charge >= 0.3 is 0 Å². The van der Waals surface area contributed by atoms with E-state index in [1.165, 1.54) is 21.8 Å². The van der Waals surface area contributed by atoms with Crippen LogP contribution < -0.4 is 15.1 Å². The smallest absolute Gasteiger partial charge is 0.279 e. The monoisotopic (exact) mass is 374 g/mol. The number of nitrogens with zero attached hydrogens (tertiary/aromatic N) is 1. The van der Waals surface area contributed by atoms with Gasteiger partial charge in [-0.25, -0.2) is 0 Å². The molecule has 6 heteroatoms. The van der Waals surface area contributed by atoms with Crippen LogP contribution in [0.4, 0.5) is 5.69 Å². The van der Waals surface area contributed by atoms with Crippen molar-refractivity contribution < 1.29 is 19.4 Å². The van der Waals surface area contributed by atoms with Gasteiger partial charge in [-0.3, -0.25) is 9.59 Å². The molecule has 2 aliphatic heterocycles. The molecular weight excluding hydrogens is 340 g/mol. The third-order valence-corrected chi connectivity index (χ3v) is 5.86. The number of piperazine rings is 1. The minimum atomic E-state index is 0.0822. The minimum Gasteiger partial charge on any atom is -0.338 e. The van der Waals surface area contributed by atoms with Crippen molar-refractivity contribution >= 4 is 17.5 Å². The van der Waals surface area contributed by atoms with Crippen LogP contribution in [-0.4, -0.2) is 69.1 Å². The lowest BCUT2D eigenvalue weighted by Gasteiger charge is -2.32. The maximum atomic E-state index is 12.4. The van der Waals surface area contributed by atoms with Crippen LogP contribution in [0.25, 0.3) is 0 Å². The van der Waals surface area contributed by atoms with Crippen molar-refractivity contribution in [1.82, 2.24) is 4.90 Å². The van der Waals surface area contributed by atoms with Crippen molar-refractivity contribution in [2.45, 2.75) is 32.6 Å². The summed E-state index contributed by atoms with van der Waals surface area (Å²) in [5.41, 5.74) is 2.10. The Morgan fingerprint density at radius 3 is 2.26 bits per heavy atom. The largest absolute Gasteiger partial charge is 0.338 e. The number of carbonyl (C=O) groups excluding carboxylic acids is 2. The second-order valence-electron chi connectivity index (χ2n) is 7.85. The average Bonchev–Trinajstić information content (AvgIpc) is 2.70. The lowest BCUT2D eigenvalue weighted by atomic mass is 10.1. The van der Waals surface area contributed by atoms with Gasteiger partial charge in [-0.05, 0) is 37.3 Å². The zero-order valence-electron chi connectivity index (χ0n) is 16.6. The number of likely N-dealkylation sites (tertiary alicyclic amines) is 1. The van der Waals surface area contributed by atoms with E-state index in [0.29, 0.717) is 19.0 Å². The molecule has 3 N–H and O–H groups in total. The zero-order valence-corrected chi connectivity index (χ0v) is 16.6. The number of aryl methyl sites for hydroxylation is 1. The van der Waals surface area contributed by atoms with E-state index in [1.807, 2.05) is 23.1 Å². The van der Waals surface area contributed by atoms with Crippen LogP contribution in [0.5, 0.6) is 0 Å². The minimum absolute atomic E-state index is 0.0822. The number of amides is 2. The Labute approximate surface area is 162 Å². The Hall–Kier alpha value is -1.92. The second-order valence-corrected chi connectivity index (χ2v) is 7.85. The fraction of sp³-hybridized carbons (Fsp3) is 0.619. The molecular formula is C21H34N4O2+2. The van der Waals surface area contributed by atoms with E-state index in [9.17, 15) is 9.59 Å². The summed E-state index contributed by atoms with van der Waals surface area (Å²) >= 11 is 0. The highest BCUT2D eigenvalue weighted by Gasteiger charge is 2.28. The van der Waals surface area contributed by atoms with Crippen LogP contribution in [0.3, 0.4) is 0 Å². The summed E-state index contributed by atoms with van der Waals surface area (Å²) in [6, 6.07) is 8.00. The van der Waals surface area contributed by atoms with Gasteiger partial charge in [-0.15, -0.1) is 0 Å². The third-order valence-electron chi connectivity index (χ3n) is 5.86. The molecule has 2 fully saturated rings. The zero-order chi connectivity index (χ0) is 19.1. The van der Waals surface area contributed by atoms with Crippen molar-refractivity contribution in [2.24, 2.45) is 0 Å². The van der Waals surface area contributed by atoms with Crippen LogP contribution in [0.1, 0.15) is 31.7 Å². The van der Waals surface area contributed by atoms with E-state index in [1.54, 1.807) is 0 Å². The third kappa shape index (κ3) is 5.78. The maximum absolute atomic E-state index is 12.4. The standard InChI is InChI=1S/C21H32N4O2/c1-2-18-8-4-5-9-19(18)22-20(26)16-23-12-14-24(15-13-23)17-21(27)25-10-6-3-7-11-25/h4-5,8-9H,2-3,6-7,10-17H2,1H3,(H,22,26)/p+2. The van der Waals surface area contributed by atoms with E-state index in [0.717, 1.165) is 64.2 Å². The molecule has 1 aromatic rings. The lowest BCUT2D eigenvalue weighted by molar-refractivity contribution is -1.00. The van der Waals surface area contributed by atoms with Gasteiger partial charge in [0.15, 0.2) is 13.1 Å². The predicted octanol–water partition coefficient (Wildman–Crippen LogP) is -1.02. The first-order valence-corrected chi connectivity index (χ1v) is 10.5. The molecule has 0 bridgehead atoms. The molecule has 0 unspecified atom stereocenters. The molecule has 0 saturated carbocycles. The van der Waals surface area contributed by atoms with E-state index in [4.69, 9.17) is 0 Å². The van der Waals surface area contributed by atoms with Gasteiger partial charge in [-0.2, -0.15) is 0 Å². The molecule has 0 atom stereocenters. The molecule has 2 amide bonds. The topological polar surface area (TPSA) is 58.3 Å². The van der Waals surface area contributed by atoms with Crippen molar-refractivity contribution in [3.63, 3.8) is 0 Å². The number of quaternary nitrogens is 2. The van der Waals surface area contributed by atoms with E-state index in [-0.39, 0.29) is 5.91 Å². The Bertz CT molecular complexity index is 635. The highest BCUT2D eigenvalue weighted by atomic mass is 16.2. The fourth-order valence-electron chi connectivity index (χ4n) is 4.15. The summed E-state index contributed by atoms with van der Waals surface area (Å²) in [6.45, 7) is 8.92. The maximum Gasteiger partial charge on any atom is 0.279 e. The van der Waals surface area contributed by atoms with E-state index < -0.39 is 0 Å². The number of nitrogens with one attached hydrogen (secondary N) is 3. The summed E-state index contributed by atoms with van der Waals surface area (Å²) in [5.74, 6) is 0.390. The molecule has 2 heterocycles. The number of benzene rings is 1. The lowest BCUT2D eigenvalue weighted by Crippen LogP contribution is -3.28. The first-order chi connectivity index (χ1) is 13.2. The molecule has 0 spiro atoms. The molecule has 148 valence electrons. The average molecular weight is 375 g/mol. The second kappa shape index (κ2) is 9.85. The molecule has 6 nitrogen and oxygen atoms in total. The Balaban J connectivity index is 1.40. The van der Waals surface area contributed by atoms with Crippen LogP contribution >= 0.6 is 0 Å². The number of hydrogen-bond acceptors (Lipinski definition) is 2. The molecule has 3 rings (SSSR count). The van der Waals surface area contributed by atoms with Crippen LogP contribution in [0.2, 0.25) is 0 Å². The van der Waals surface area contributed by atoms with Crippen molar-refractivity contribution in [3.05, 3.63) is 29.8 Å². The molecule has 0 aromatic heterocycles. The normalized spacial score (nSPS) is 23.1. The van der Waals surface area contributed by atoms with Crippen molar-refractivity contribution in [2.75, 3.05) is 57.7 Å². The van der Waals surface area contributed by atoms with Crippen LogP contribution in [0.15, 0.2) is 24.3 Å². The summed E-state index contributed by atoms with van der Waals surface area (Å²) in [5, 5.41) is 3.07. The number of hydrogen-bond donors (Lipinski definition) is 3. The van der Waals surface area contributed by atoms with Gasteiger partial charge in [0.05, 0.1) is 0 Å². The van der Waals surface area contributed by atoms with Gasteiger partial charge in [0.25, 0.3) is 11.8 Å². The van der Waals surface area contributed by atoms with Gasteiger partial charge in [-0.1, -0.05) is 25.1 Å². The van der Waals surface area contributed by atoms with Crippen molar-refractivity contribution in [3.8, 4) is 0 Å². The summed E-state index contributed by atoms with van der Waals surface area (Å²) in [4.78, 5) is 29.6.